The molecule has 3 atom stereocenters. The summed E-state index contributed by atoms with van der Waals surface area (Å²) in [4.78, 5) is 0. The minimum atomic E-state index is 0.0391. The van der Waals surface area contributed by atoms with Gasteiger partial charge >= 0.3 is 0 Å². The molecule has 2 heteroatoms. The van der Waals surface area contributed by atoms with Crippen molar-refractivity contribution >= 4 is 15.9 Å². The molecule has 0 saturated carbocycles. The number of halogens is 1. The van der Waals surface area contributed by atoms with Crippen LogP contribution in [0.5, 0.6) is 0 Å². The minimum absolute atomic E-state index is 0.0391. The smallest absolute Gasteiger partial charge is 0.0635 e. The number of fused-ring (bicyclic) bond motifs is 7. The maximum atomic E-state index is 3.84. The lowest BCUT2D eigenvalue weighted by Gasteiger charge is -2.41. The van der Waals surface area contributed by atoms with Crippen LogP contribution >= 0.6 is 15.9 Å². The molecule has 0 radical (unpaired) electrons. The van der Waals surface area contributed by atoms with Crippen LogP contribution in [-0.4, -0.2) is 0 Å². The highest BCUT2D eigenvalue weighted by molar-refractivity contribution is 9.11. The van der Waals surface area contributed by atoms with E-state index in [1.54, 1.807) is 5.57 Å². The molecule has 0 spiro atoms. The zero-order valence-electron chi connectivity index (χ0n) is 10.4. The Bertz CT molecular complexity index is 587. The molecule has 1 nitrogen and oxygen atoms in total. The van der Waals surface area contributed by atoms with Gasteiger partial charge in [-0.05, 0) is 48.5 Å². The molecule has 1 aromatic rings. The first-order valence-corrected chi connectivity index (χ1v) is 7.42. The summed E-state index contributed by atoms with van der Waals surface area (Å²) >= 11 is 3.64. The molecule has 4 rings (SSSR count). The number of benzene rings is 1. The molecule has 18 heavy (non-hydrogen) atoms. The van der Waals surface area contributed by atoms with Crippen LogP contribution in [0.25, 0.3) is 0 Å². The Morgan fingerprint density at radius 2 is 2.17 bits per heavy atom. The summed E-state index contributed by atoms with van der Waals surface area (Å²) < 4.78 is 1.24. The van der Waals surface area contributed by atoms with E-state index in [4.69, 9.17) is 0 Å². The van der Waals surface area contributed by atoms with Gasteiger partial charge in [-0.3, -0.25) is 5.32 Å². The first-order chi connectivity index (χ1) is 8.68. The maximum absolute atomic E-state index is 3.84. The summed E-state index contributed by atoms with van der Waals surface area (Å²) in [5.74, 6) is 0.704. The second-order valence-electron chi connectivity index (χ2n) is 5.77. The molecule has 0 amide bonds. The molecule has 1 aromatic carbocycles. The van der Waals surface area contributed by atoms with Gasteiger partial charge in [-0.15, -0.1) is 0 Å². The maximum Gasteiger partial charge on any atom is 0.0635 e. The van der Waals surface area contributed by atoms with Crippen LogP contribution in [0.2, 0.25) is 0 Å². The third kappa shape index (κ3) is 1.31. The third-order valence-corrected chi connectivity index (χ3v) is 5.32. The minimum Gasteiger partial charge on any atom is -0.297 e. The van der Waals surface area contributed by atoms with Crippen molar-refractivity contribution in [3.63, 3.8) is 0 Å². The quantitative estimate of drug-likeness (QED) is 0.758. The van der Waals surface area contributed by atoms with Crippen molar-refractivity contribution in [3.8, 4) is 0 Å². The van der Waals surface area contributed by atoms with E-state index in [2.05, 4.69) is 64.6 Å². The van der Waals surface area contributed by atoms with Crippen molar-refractivity contribution in [2.24, 2.45) is 5.92 Å². The van der Waals surface area contributed by atoms with E-state index in [1.165, 1.54) is 28.5 Å². The molecule has 92 valence electrons. The van der Waals surface area contributed by atoms with Crippen molar-refractivity contribution in [1.29, 1.82) is 0 Å². The fraction of sp³-hybridized carbons (Fsp3) is 0.375. The standard InChI is InChI=1S/C16H16BrN/c1-16-13-5-3-2-4-12(13)15(18-16)8-10-6-7-11(17)9-14(10)16/h2-5,7,9-10,15,18H,6,8H2,1H3. The van der Waals surface area contributed by atoms with Gasteiger partial charge in [0, 0.05) is 10.5 Å². The van der Waals surface area contributed by atoms with Gasteiger partial charge in [0.1, 0.15) is 0 Å². The van der Waals surface area contributed by atoms with Crippen molar-refractivity contribution in [3.05, 3.63) is 57.6 Å². The van der Waals surface area contributed by atoms with Gasteiger partial charge in [-0.2, -0.15) is 0 Å². The van der Waals surface area contributed by atoms with E-state index in [9.17, 15) is 0 Å². The average molecular weight is 302 g/mol. The summed E-state index contributed by atoms with van der Waals surface area (Å²) in [5.41, 5.74) is 4.58. The van der Waals surface area contributed by atoms with Crippen LogP contribution in [-0.2, 0) is 5.54 Å². The lowest BCUT2D eigenvalue weighted by Crippen LogP contribution is -2.44. The van der Waals surface area contributed by atoms with Crippen LogP contribution in [0.1, 0.15) is 36.9 Å². The van der Waals surface area contributed by atoms with Gasteiger partial charge in [0.25, 0.3) is 0 Å². The van der Waals surface area contributed by atoms with Gasteiger partial charge in [-0.25, -0.2) is 0 Å². The molecule has 3 aliphatic rings. The predicted molar refractivity (Wildman–Crippen MR) is 77.5 cm³/mol. The fourth-order valence-corrected chi connectivity index (χ4v) is 4.39. The van der Waals surface area contributed by atoms with E-state index >= 15 is 0 Å². The summed E-state index contributed by atoms with van der Waals surface area (Å²) in [6.07, 6.45) is 7.05. The molecular weight excluding hydrogens is 286 g/mol. The van der Waals surface area contributed by atoms with Gasteiger partial charge in [0.15, 0.2) is 0 Å². The molecule has 3 unspecified atom stereocenters. The highest BCUT2D eigenvalue weighted by Gasteiger charge is 2.49. The largest absolute Gasteiger partial charge is 0.297 e. The molecule has 2 heterocycles. The first kappa shape index (κ1) is 11.0. The number of hydrogen-bond donors (Lipinski definition) is 1. The van der Waals surface area contributed by atoms with Gasteiger partial charge < -0.3 is 0 Å². The predicted octanol–water partition coefficient (Wildman–Crippen LogP) is 4.17. The first-order valence-electron chi connectivity index (χ1n) is 6.63. The van der Waals surface area contributed by atoms with Crippen molar-refractivity contribution in [2.75, 3.05) is 0 Å². The normalized spacial score (nSPS) is 36.6. The van der Waals surface area contributed by atoms with Crippen LogP contribution in [0.15, 0.2) is 46.5 Å². The zero-order valence-corrected chi connectivity index (χ0v) is 12.0. The summed E-state index contributed by atoms with van der Waals surface area (Å²) in [7, 11) is 0. The summed E-state index contributed by atoms with van der Waals surface area (Å²) in [6, 6.07) is 9.45. The number of rotatable bonds is 0. The Kier molecular flexibility index (Phi) is 2.19. The summed E-state index contributed by atoms with van der Waals surface area (Å²) in [5, 5.41) is 3.84. The van der Waals surface area contributed by atoms with Crippen LogP contribution in [0, 0.1) is 5.92 Å². The highest BCUT2D eigenvalue weighted by atomic mass is 79.9. The number of nitrogens with one attached hydrogen (secondary N) is 1. The van der Waals surface area contributed by atoms with Gasteiger partial charge in [-0.1, -0.05) is 46.3 Å². The number of piperidine rings is 1. The molecule has 2 aliphatic heterocycles. The van der Waals surface area contributed by atoms with Crippen molar-refractivity contribution < 1.29 is 0 Å². The summed E-state index contributed by atoms with van der Waals surface area (Å²) in [6.45, 7) is 2.34. The van der Waals surface area contributed by atoms with E-state index in [-0.39, 0.29) is 5.54 Å². The molecule has 2 bridgehead atoms. The van der Waals surface area contributed by atoms with Crippen LogP contribution < -0.4 is 5.32 Å². The van der Waals surface area contributed by atoms with Crippen molar-refractivity contribution in [1.82, 2.24) is 5.32 Å². The second kappa shape index (κ2) is 3.58. The monoisotopic (exact) mass is 301 g/mol. The Morgan fingerprint density at radius 1 is 1.33 bits per heavy atom. The number of hydrogen-bond acceptors (Lipinski definition) is 1. The molecule has 1 saturated heterocycles. The molecule has 0 aromatic heterocycles. The molecule has 1 aliphatic carbocycles. The second-order valence-corrected chi connectivity index (χ2v) is 6.68. The Balaban J connectivity index is 1.94. The highest BCUT2D eigenvalue weighted by Crippen LogP contribution is 2.54. The third-order valence-electron chi connectivity index (χ3n) is 4.77. The van der Waals surface area contributed by atoms with Crippen LogP contribution in [0.4, 0.5) is 0 Å². The Hall–Kier alpha value is -0.860. The SMILES string of the molecule is CC12NC(CC3CC=C(Br)C=C31)c1ccccc12. The lowest BCUT2D eigenvalue weighted by molar-refractivity contribution is 0.280. The molecular formula is C16H16BrN. The molecule has 1 fully saturated rings. The fourth-order valence-electron chi connectivity index (χ4n) is 3.95. The van der Waals surface area contributed by atoms with Gasteiger partial charge in [0.05, 0.1) is 5.54 Å². The van der Waals surface area contributed by atoms with E-state index in [0.717, 1.165) is 0 Å². The Morgan fingerprint density at radius 3 is 3.06 bits per heavy atom. The Labute approximate surface area is 116 Å². The van der Waals surface area contributed by atoms with E-state index in [0.29, 0.717) is 12.0 Å². The number of allylic oxidation sites excluding steroid dienone is 3. The van der Waals surface area contributed by atoms with Crippen LogP contribution in [0.3, 0.4) is 0 Å². The van der Waals surface area contributed by atoms with E-state index < -0.39 is 0 Å². The zero-order chi connectivity index (χ0) is 12.3. The lowest BCUT2D eigenvalue weighted by atomic mass is 9.74. The van der Waals surface area contributed by atoms with E-state index in [1.807, 2.05) is 0 Å². The topological polar surface area (TPSA) is 12.0 Å². The van der Waals surface area contributed by atoms with Crippen molar-refractivity contribution in [2.45, 2.75) is 31.3 Å². The molecule has 1 N–H and O–H groups in total. The average Bonchev–Trinajstić information content (AvgIpc) is 2.62. The van der Waals surface area contributed by atoms with Gasteiger partial charge in [0.2, 0.25) is 0 Å².